The minimum absolute atomic E-state index is 0.0187. The summed E-state index contributed by atoms with van der Waals surface area (Å²) in [6.07, 6.45) is 0.107. The van der Waals surface area contributed by atoms with E-state index < -0.39 is 40.2 Å². The van der Waals surface area contributed by atoms with Gasteiger partial charge in [0.15, 0.2) is 0 Å². The zero-order valence-electron chi connectivity index (χ0n) is 23.3. The number of carbonyl (C=O) groups excluding carboxylic acids is 2. The van der Waals surface area contributed by atoms with Crippen LogP contribution in [0.5, 0.6) is 0 Å². The fourth-order valence-corrected chi connectivity index (χ4v) is 6.45. The van der Waals surface area contributed by atoms with Crippen molar-refractivity contribution in [3.8, 4) is 0 Å². The van der Waals surface area contributed by atoms with Crippen LogP contribution >= 0.6 is 23.2 Å². The number of carbonyl (C=O) groups is 2. The van der Waals surface area contributed by atoms with Crippen molar-refractivity contribution in [2.45, 2.75) is 30.8 Å². The van der Waals surface area contributed by atoms with E-state index in [0.717, 1.165) is 9.87 Å². The average Bonchev–Trinajstić information content (AvgIpc) is 3.00. The highest BCUT2D eigenvalue weighted by molar-refractivity contribution is 7.92. The number of hydrogen-bond acceptors (Lipinski definition) is 4. The van der Waals surface area contributed by atoms with E-state index in [1.165, 1.54) is 53.4 Å². The van der Waals surface area contributed by atoms with Gasteiger partial charge in [0, 0.05) is 30.1 Å². The Morgan fingerprint density at radius 3 is 2.16 bits per heavy atom. The van der Waals surface area contributed by atoms with Crippen LogP contribution in [0.1, 0.15) is 18.1 Å². The molecule has 0 bridgehead atoms. The second-order valence-electron chi connectivity index (χ2n) is 9.63. The minimum Gasteiger partial charge on any atom is -0.355 e. The van der Waals surface area contributed by atoms with Gasteiger partial charge in [0.05, 0.1) is 15.6 Å². The van der Waals surface area contributed by atoms with Crippen molar-refractivity contribution in [1.29, 1.82) is 0 Å². The van der Waals surface area contributed by atoms with Gasteiger partial charge in [-0.15, -0.1) is 0 Å². The van der Waals surface area contributed by atoms with Crippen molar-refractivity contribution < 1.29 is 22.4 Å². The normalized spacial score (nSPS) is 11.9. The lowest BCUT2D eigenvalue weighted by atomic mass is 10.0. The minimum atomic E-state index is -4.35. The Morgan fingerprint density at radius 1 is 0.884 bits per heavy atom. The molecule has 4 aromatic carbocycles. The SMILES string of the molecule is CCNC(=O)[C@@H](Cc1ccccc1)N(Cc1ccccc1F)C(=O)CN(c1cc(Cl)ccc1Cl)S(=O)(=O)c1ccccc1. The lowest BCUT2D eigenvalue weighted by molar-refractivity contribution is -0.140. The van der Waals surface area contributed by atoms with Crippen LogP contribution in [0.25, 0.3) is 0 Å². The zero-order chi connectivity index (χ0) is 31.0. The number of rotatable bonds is 12. The molecule has 7 nitrogen and oxygen atoms in total. The van der Waals surface area contributed by atoms with Gasteiger partial charge in [-0.1, -0.05) is 89.9 Å². The molecule has 0 saturated carbocycles. The van der Waals surface area contributed by atoms with Gasteiger partial charge in [0.1, 0.15) is 18.4 Å². The van der Waals surface area contributed by atoms with Gasteiger partial charge in [-0.2, -0.15) is 0 Å². The number of nitrogens with zero attached hydrogens (tertiary/aromatic N) is 2. The van der Waals surface area contributed by atoms with E-state index in [4.69, 9.17) is 23.2 Å². The number of halogens is 3. The van der Waals surface area contributed by atoms with Gasteiger partial charge in [-0.3, -0.25) is 13.9 Å². The van der Waals surface area contributed by atoms with Gasteiger partial charge in [0.2, 0.25) is 11.8 Å². The van der Waals surface area contributed by atoms with Crippen LogP contribution in [0.3, 0.4) is 0 Å². The van der Waals surface area contributed by atoms with Crippen LogP contribution in [0.2, 0.25) is 10.0 Å². The molecule has 4 rings (SSSR count). The summed E-state index contributed by atoms with van der Waals surface area (Å²) in [7, 11) is -4.35. The first-order chi connectivity index (χ1) is 20.6. The average molecular weight is 643 g/mol. The van der Waals surface area contributed by atoms with Crippen LogP contribution in [-0.4, -0.2) is 44.3 Å². The van der Waals surface area contributed by atoms with Crippen LogP contribution in [0.15, 0.2) is 108 Å². The molecule has 1 atom stereocenters. The van der Waals surface area contributed by atoms with Crippen molar-refractivity contribution in [2.24, 2.45) is 0 Å². The molecule has 4 aromatic rings. The standard InChI is InChI=1S/C32H30Cl2FN3O4S/c1-2-36-32(40)30(19-23-11-5-3-6-12-23)37(21-24-13-9-10-16-28(24)35)31(39)22-38(29-20-25(33)17-18-27(29)34)43(41,42)26-14-7-4-8-15-26/h3-18,20,30H,2,19,21-22H2,1H3,(H,36,40)/t30-/m1/s1. The number of anilines is 1. The van der Waals surface area contributed by atoms with Gasteiger partial charge >= 0.3 is 0 Å². The first-order valence-corrected chi connectivity index (χ1v) is 15.7. The predicted molar refractivity (Wildman–Crippen MR) is 167 cm³/mol. The number of sulfonamides is 1. The van der Waals surface area contributed by atoms with Crippen LogP contribution < -0.4 is 9.62 Å². The Bertz CT molecular complexity index is 1670. The Hall–Kier alpha value is -3.92. The third-order valence-electron chi connectivity index (χ3n) is 6.71. The molecule has 0 heterocycles. The summed E-state index contributed by atoms with van der Waals surface area (Å²) >= 11 is 12.7. The van der Waals surface area contributed by atoms with Crippen LogP contribution in [-0.2, 0) is 32.6 Å². The van der Waals surface area contributed by atoms with Crippen molar-refractivity contribution >= 4 is 50.7 Å². The maximum atomic E-state index is 14.9. The van der Waals surface area contributed by atoms with Crippen LogP contribution in [0, 0.1) is 5.82 Å². The third-order valence-corrected chi connectivity index (χ3v) is 9.04. The van der Waals surface area contributed by atoms with E-state index in [2.05, 4.69) is 5.32 Å². The summed E-state index contributed by atoms with van der Waals surface area (Å²) in [5, 5.41) is 3.01. The van der Waals surface area contributed by atoms with Gasteiger partial charge < -0.3 is 10.2 Å². The van der Waals surface area contributed by atoms with Gasteiger partial charge in [-0.05, 0) is 48.9 Å². The molecular formula is C32H30Cl2FN3O4S. The molecule has 0 fully saturated rings. The van der Waals surface area contributed by atoms with Crippen molar-refractivity contribution in [1.82, 2.24) is 10.2 Å². The number of nitrogens with one attached hydrogen (secondary N) is 1. The molecule has 0 aliphatic rings. The summed E-state index contributed by atoms with van der Waals surface area (Å²) in [5.74, 6) is -1.78. The maximum absolute atomic E-state index is 14.9. The largest absolute Gasteiger partial charge is 0.355 e. The summed E-state index contributed by atoms with van der Waals surface area (Å²) in [6, 6.07) is 25.8. The van der Waals surface area contributed by atoms with Crippen molar-refractivity contribution in [3.05, 3.63) is 130 Å². The zero-order valence-corrected chi connectivity index (χ0v) is 25.6. The molecule has 43 heavy (non-hydrogen) atoms. The number of amides is 2. The Labute approximate surface area is 260 Å². The first kappa shape index (κ1) is 32.0. The highest BCUT2D eigenvalue weighted by Gasteiger charge is 2.35. The molecule has 2 amide bonds. The molecule has 1 N–H and O–H groups in total. The number of hydrogen-bond donors (Lipinski definition) is 1. The molecular weight excluding hydrogens is 612 g/mol. The third kappa shape index (κ3) is 7.93. The van der Waals surface area contributed by atoms with E-state index in [1.807, 2.05) is 30.3 Å². The number of likely N-dealkylation sites (N-methyl/N-ethyl adjacent to an activating group) is 1. The van der Waals surface area contributed by atoms with E-state index in [0.29, 0.717) is 6.54 Å². The predicted octanol–water partition coefficient (Wildman–Crippen LogP) is 6.10. The van der Waals surface area contributed by atoms with E-state index in [1.54, 1.807) is 31.2 Å². The van der Waals surface area contributed by atoms with Gasteiger partial charge in [0.25, 0.3) is 10.0 Å². The second-order valence-corrected chi connectivity index (χ2v) is 12.3. The maximum Gasteiger partial charge on any atom is 0.264 e. The summed E-state index contributed by atoms with van der Waals surface area (Å²) in [6.45, 7) is 1.01. The highest BCUT2D eigenvalue weighted by Crippen LogP contribution is 2.33. The smallest absolute Gasteiger partial charge is 0.264 e. The molecule has 0 aromatic heterocycles. The van der Waals surface area contributed by atoms with E-state index >= 15 is 0 Å². The first-order valence-electron chi connectivity index (χ1n) is 13.5. The second kappa shape index (κ2) is 14.5. The number of benzene rings is 4. The fourth-order valence-electron chi connectivity index (χ4n) is 4.57. The van der Waals surface area contributed by atoms with Crippen molar-refractivity contribution in [3.63, 3.8) is 0 Å². The summed E-state index contributed by atoms with van der Waals surface area (Å²) in [5.41, 5.74) is 0.906. The molecule has 0 spiro atoms. The Morgan fingerprint density at radius 2 is 1.51 bits per heavy atom. The Kier molecular flexibility index (Phi) is 10.8. The van der Waals surface area contributed by atoms with Crippen LogP contribution in [0.4, 0.5) is 10.1 Å². The van der Waals surface area contributed by atoms with E-state index in [9.17, 15) is 22.4 Å². The fraction of sp³-hybridized carbons (Fsp3) is 0.188. The molecule has 11 heteroatoms. The molecule has 0 aliphatic heterocycles. The van der Waals surface area contributed by atoms with E-state index in [-0.39, 0.29) is 39.2 Å². The lowest BCUT2D eigenvalue weighted by Crippen LogP contribution is -2.53. The monoisotopic (exact) mass is 641 g/mol. The van der Waals surface area contributed by atoms with Crippen molar-refractivity contribution in [2.75, 3.05) is 17.4 Å². The molecule has 0 saturated heterocycles. The molecule has 0 radical (unpaired) electrons. The highest BCUT2D eigenvalue weighted by atomic mass is 35.5. The summed E-state index contributed by atoms with van der Waals surface area (Å²) < 4.78 is 43.7. The summed E-state index contributed by atoms with van der Waals surface area (Å²) in [4.78, 5) is 28.9. The quantitative estimate of drug-likeness (QED) is 0.202. The molecule has 0 unspecified atom stereocenters. The van der Waals surface area contributed by atoms with Gasteiger partial charge in [-0.25, -0.2) is 12.8 Å². The topological polar surface area (TPSA) is 86.8 Å². The molecule has 0 aliphatic carbocycles. The lowest BCUT2D eigenvalue weighted by Gasteiger charge is -2.34. The Balaban J connectivity index is 1.83. The molecule has 224 valence electrons.